The number of carbonyl (C=O) groups excluding carboxylic acids is 2. The van der Waals surface area contributed by atoms with Crippen molar-refractivity contribution in [2.45, 2.75) is 6.42 Å². The minimum Gasteiger partial charge on any atom is -0.459 e. The van der Waals surface area contributed by atoms with E-state index in [-0.39, 0.29) is 17.6 Å². The third-order valence-corrected chi connectivity index (χ3v) is 3.02. The van der Waals surface area contributed by atoms with Gasteiger partial charge < -0.3 is 20.4 Å². The lowest BCUT2D eigenvalue weighted by Crippen LogP contribution is -2.26. The Morgan fingerprint density at radius 1 is 1.09 bits per heavy atom. The average Bonchev–Trinajstić information content (AvgIpc) is 3.06. The summed E-state index contributed by atoms with van der Waals surface area (Å²) in [5.74, 6) is -0.288. The minimum atomic E-state index is -0.350. The van der Waals surface area contributed by atoms with Gasteiger partial charge in [0.25, 0.3) is 11.8 Å². The molecule has 0 bridgehead atoms. The van der Waals surface area contributed by atoms with Gasteiger partial charge in [0, 0.05) is 17.8 Å². The van der Waals surface area contributed by atoms with Gasteiger partial charge in [-0.2, -0.15) is 0 Å². The Morgan fingerprint density at radius 3 is 2.68 bits per heavy atom. The van der Waals surface area contributed by atoms with Crippen molar-refractivity contribution in [1.29, 1.82) is 0 Å². The zero-order valence-corrected chi connectivity index (χ0v) is 12.4. The Hall–Kier alpha value is -2.60. The molecule has 116 valence electrons. The molecule has 2 amide bonds. The van der Waals surface area contributed by atoms with Crippen molar-refractivity contribution in [3.63, 3.8) is 0 Å². The lowest BCUT2D eigenvalue weighted by molar-refractivity contribution is 0.0951. The highest BCUT2D eigenvalue weighted by Crippen LogP contribution is 2.12. The summed E-state index contributed by atoms with van der Waals surface area (Å²) in [7, 11) is 1.87. The van der Waals surface area contributed by atoms with Crippen molar-refractivity contribution in [2.75, 3.05) is 25.5 Å². The first-order chi connectivity index (χ1) is 10.7. The van der Waals surface area contributed by atoms with E-state index in [1.165, 1.54) is 6.26 Å². The molecule has 0 aliphatic carbocycles. The zero-order chi connectivity index (χ0) is 15.8. The molecule has 1 aromatic heterocycles. The Kier molecular flexibility index (Phi) is 5.73. The molecule has 1 aromatic carbocycles. The fourth-order valence-corrected chi connectivity index (χ4v) is 1.91. The molecule has 2 rings (SSSR count). The maximum absolute atomic E-state index is 12.0. The molecule has 1 heterocycles. The molecule has 0 aliphatic rings. The molecule has 0 saturated carbocycles. The SMILES string of the molecule is CNCCCNC(=O)c1cccc(NC(=O)c2ccco2)c1. The van der Waals surface area contributed by atoms with Crippen LogP contribution in [0.15, 0.2) is 47.1 Å². The van der Waals surface area contributed by atoms with Gasteiger partial charge in [-0.1, -0.05) is 6.07 Å². The summed E-state index contributed by atoms with van der Waals surface area (Å²) in [4.78, 5) is 23.9. The predicted octanol–water partition coefficient (Wildman–Crippen LogP) is 1.87. The zero-order valence-electron chi connectivity index (χ0n) is 12.4. The van der Waals surface area contributed by atoms with E-state index in [1.807, 2.05) is 7.05 Å². The molecule has 0 saturated heterocycles. The second-order valence-electron chi connectivity index (χ2n) is 4.73. The van der Waals surface area contributed by atoms with Gasteiger partial charge >= 0.3 is 0 Å². The summed E-state index contributed by atoms with van der Waals surface area (Å²) in [6, 6.07) is 10.0. The maximum atomic E-state index is 12.0. The minimum absolute atomic E-state index is 0.162. The number of hydrogen-bond acceptors (Lipinski definition) is 4. The van der Waals surface area contributed by atoms with Crippen LogP contribution in [0.3, 0.4) is 0 Å². The van der Waals surface area contributed by atoms with Gasteiger partial charge in [-0.3, -0.25) is 9.59 Å². The third kappa shape index (κ3) is 4.46. The molecular formula is C16H19N3O3. The van der Waals surface area contributed by atoms with E-state index in [4.69, 9.17) is 4.42 Å². The van der Waals surface area contributed by atoms with E-state index in [2.05, 4.69) is 16.0 Å². The molecule has 0 unspecified atom stereocenters. The molecule has 6 nitrogen and oxygen atoms in total. The van der Waals surface area contributed by atoms with Crippen LogP contribution >= 0.6 is 0 Å². The van der Waals surface area contributed by atoms with Gasteiger partial charge in [0.05, 0.1) is 6.26 Å². The number of hydrogen-bond donors (Lipinski definition) is 3. The monoisotopic (exact) mass is 301 g/mol. The number of nitrogens with one attached hydrogen (secondary N) is 3. The Bertz CT molecular complexity index is 623. The summed E-state index contributed by atoms with van der Waals surface area (Å²) in [6.07, 6.45) is 2.29. The molecule has 22 heavy (non-hydrogen) atoms. The van der Waals surface area contributed by atoms with Crippen molar-refractivity contribution in [1.82, 2.24) is 10.6 Å². The van der Waals surface area contributed by atoms with E-state index < -0.39 is 0 Å². The van der Waals surface area contributed by atoms with Crippen molar-refractivity contribution in [2.24, 2.45) is 0 Å². The smallest absolute Gasteiger partial charge is 0.291 e. The summed E-state index contributed by atoms with van der Waals surface area (Å²) in [5, 5.41) is 8.54. The fourth-order valence-electron chi connectivity index (χ4n) is 1.91. The van der Waals surface area contributed by atoms with Crippen LogP contribution in [0.25, 0.3) is 0 Å². The molecule has 0 radical (unpaired) electrons. The molecular weight excluding hydrogens is 282 g/mol. The van der Waals surface area contributed by atoms with Crippen LogP contribution in [0.2, 0.25) is 0 Å². The second kappa shape index (κ2) is 7.99. The van der Waals surface area contributed by atoms with Gasteiger partial charge in [-0.05, 0) is 50.3 Å². The van der Waals surface area contributed by atoms with Gasteiger partial charge in [0.2, 0.25) is 0 Å². The highest BCUT2D eigenvalue weighted by molar-refractivity contribution is 6.03. The third-order valence-electron chi connectivity index (χ3n) is 3.02. The summed E-state index contributed by atoms with van der Waals surface area (Å²) < 4.78 is 5.02. The Labute approximate surface area is 128 Å². The maximum Gasteiger partial charge on any atom is 0.291 e. The normalized spacial score (nSPS) is 10.2. The lowest BCUT2D eigenvalue weighted by atomic mass is 10.2. The van der Waals surface area contributed by atoms with Crippen LogP contribution in [-0.4, -0.2) is 32.0 Å². The Balaban J connectivity index is 1.94. The van der Waals surface area contributed by atoms with Crippen LogP contribution in [-0.2, 0) is 0 Å². The first-order valence-electron chi connectivity index (χ1n) is 7.08. The second-order valence-corrected chi connectivity index (χ2v) is 4.73. The quantitative estimate of drug-likeness (QED) is 0.682. The molecule has 0 atom stereocenters. The number of carbonyl (C=O) groups is 2. The molecule has 0 fully saturated rings. The summed E-state index contributed by atoms with van der Waals surface area (Å²) in [6.45, 7) is 1.45. The number of amides is 2. The standard InChI is InChI=1S/C16H19N3O3/c1-17-8-4-9-18-15(20)12-5-2-6-13(11-12)19-16(21)14-7-3-10-22-14/h2-3,5-7,10-11,17H,4,8-9H2,1H3,(H,18,20)(H,19,21). The van der Waals surface area contributed by atoms with E-state index in [0.29, 0.717) is 17.8 Å². The molecule has 3 N–H and O–H groups in total. The number of furan rings is 1. The van der Waals surface area contributed by atoms with Crippen LogP contribution in [0, 0.1) is 0 Å². The summed E-state index contributed by atoms with van der Waals surface area (Å²) >= 11 is 0. The number of rotatable bonds is 7. The molecule has 0 spiro atoms. The molecule has 6 heteroatoms. The van der Waals surface area contributed by atoms with E-state index in [1.54, 1.807) is 36.4 Å². The van der Waals surface area contributed by atoms with Crippen LogP contribution in [0.5, 0.6) is 0 Å². The predicted molar refractivity (Wildman–Crippen MR) is 84.0 cm³/mol. The van der Waals surface area contributed by atoms with Crippen LogP contribution in [0.1, 0.15) is 27.3 Å². The lowest BCUT2D eigenvalue weighted by Gasteiger charge is -2.07. The van der Waals surface area contributed by atoms with E-state index >= 15 is 0 Å². The topological polar surface area (TPSA) is 83.4 Å². The van der Waals surface area contributed by atoms with Crippen molar-refractivity contribution >= 4 is 17.5 Å². The van der Waals surface area contributed by atoms with Crippen LogP contribution < -0.4 is 16.0 Å². The number of anilines is 1. The highest BCUT2D eigenvalue weighted by atomic mass is 16.3. The van der Waals surface area contributed by atoms with Gasteiger partial charge in [-0.25, -0.2) is 0 Å². The average molecular weight is 301 g/mol. The largest absolute Gasteiger partial charge is 0.459 e. The molecule has 2 aromatic rings. The van der Waals surface area contributed by atoms with E-state index in [0.717, 1.165) is 13.0 Å². The van der Waals surface area contributed by atoms with Gasteiger partial charge in [0.15, 0.2) is 5.76 Å². The van der Waals surface area contributed by atoms with Crippen molar-refractivity contribution in [3.8, 4) is 0 Å². The van der Waals surface area contributed by atoms with Gasteiger partial charge in [0.1, 0.15) is 0 Å². The van der Waals surface area contributed by atoms with Crippen LogP contribution in [0.4, 0.5) is 5.69 Å². The molecule has 0 aliphatic heterocycles. The van der Waals surface area contributed by atoms with Crippen molar-refractivity contribution in [3.05, 3.63) is 54.0 Å². The van der Waals surface area contributed by atoms with Crippen molar-refractivity contribution < 1.29 is 14.0 Å². The first kappa shape index (κ1) is 15.8. The first-order valence-corrected chi connectivity index (χ1v) is 7.08. The highest BCUT2D eigenvalue weighted by Gasteiger charge is 2.10. The Morgan fingerprint density at radius 2 is 1.95 bits per heavy atom. The number of benzene rings is 1. The van der Waals surface area contributed by atoms with E-state index in [9.17, 15) is 9.59 Å². The summed E-state index contributed by atoms with van der Waals surface area (Å²) in [5.41, 5.74) is 1.05. The fraction of sp³-hybridized carbons (Fsp3) is 0.250. The van der Waals surface area contributed by atoms with Gasteiger partial charge in [-0.15, -0.1) is 0 Å².